The van der Waals surface area contributed by atoms with Crippen molar-refractivity contribution in [3.8, 4) is 0 Å². The van der Waals surface area contributed by atoms with Crippen LogP contribution in [0.1, 0.15) is 62.5 Å². The zero-order chi connectivity index (χ0) is 15.2. The van der Waals surface area contributed by atoms with Gasteiger partial charge < -0.3 is 15.2 Å². The molecule has 1 amide bonds. The molecule has 3 aliphatic rings. The molecule has 0 radical (unpaired) electrons. The molecule has 120 valence electrons. The number of hydrogen-bond donors (Lipinski definition) is 1. The Morgan fingerprint density at radius 1 is 1.14 bits per heavy atom. The van der Waals surface area contributed by atoms with Gasteiger partial charge in [0, 0.05) is 32.0 Å². The molecule has 1 atom stereocenters. The molecule has 2 aliphatic heterocycles. The van der Waals surface area contributed by atoms with E-state index in [1.54, 1.807) is 0 Å². The van der Waals surface area contributed by atoms with Crippen molar-refractivity contribution in [2.75, 3.05) is 13.1 Å². The fourth-order valence-electron chi connectivity index (χ4n) is 4.38. The number of likely N-dealkylation sites (tertiary alicyclic amines) is 1. The Morgan fingerprint density at radius 2 is 1.95 bits per heavy atom. The van der Waals surface area contributed by atoms with Crippen LogP contribution in [0.5, 0.6) is 0 Å². The van der Waals surface area contributed by atoms with E-state index >= 15 is 0 Å². The highest BCUT2D eigenvalue weighted by molar-refractivity contribution is 5.86. The van der Waals surface area contributed by atoms with Crippen molar-refractivity contribution in [2.45, 2.75) is 69.4 Å². The van der Waals surface area contributed by atoms with E-state index in [9.17, 15) is 4.79 Å². The van der Waals surface area contributed by atoms with Gasteiger partial charge in [0.05, 0.1) is 5.54 Å². The first-order valence-corrected chi connectivity index (χ1v) is 8.68. The van der Waals surface area contributed by atoms with Crippen LogP contribution >= 0.6 is 0 Å². The smallest absolute Gasteiger partial charge is 0.242 e. The molecule has 0 bridgehead atoms. The molecule has 2 fully saturated rings. The Bertz CT molecular complexity index is 575. The average Bonchev–Trinajstić information content (AvgIpc) is 3.23. The van der Waals surface area contributed by atoms with Gasteiger partial charge in [0.25, 0.3) is 0 Å². The number of aryl methyl sites for hydroxylation is 1. The number of aromatic nitrogens is 3. The summed E-state index contributed by atoms with van der Waals surface area (Å²) in [5, 5.41) is 8.73. The fourth-order valence-corrected chi connectivity index (χ4v) is 4.38. The molecule has 1 saturated heterocycles. The third-order valence-electron chi connectivity index (χ3n) is 5.63. The SMILES string of the molecule is NC1(C(=O)N2CCCC(c3nnc4n3CCC4)C2)CCCC1. The Kier molecular flexibility index (Phi) is 3.44. The van der Waals surface area contributed by atoms with E-state index < -0.39 is 5.54 Å². The van der Waals surface area contributed by atoms with Crippen LogP contribution < -0.4 is 5.73 Å². The van der Waals surface area contributed by atoms with Crippen molar-refractivity contribution in [3.63, 3.8) is 0 Å². The summed E-state index contributed by atoms with van der Waals surface area (Å²) in [4.78, 5) is 14.8. The van der Waals surface area contributed by atoms with E-state index in [4.69, 9.17) is 5.73 Å². The predicted octanol–water partition coefficient (Wildman–Crippen LogP) is 1.20. The molecule has 4 rings (SSSR count). The van der Waals surface area contributed by atoms with Crippen molar-refractivity contribution in [2.24, 2.45) is 5.73 Å². The number of amides is 1. The van der Waals surface area contributed by atoms with Gasteiger partial charge in [0.15, 0.2) is 0 Å². The molecule has 1 aromatic rings. The van der Waals surface area contributed by atoms with Crippen LogP contribution in [0.2, 0.25) is 0 Å². The molecule has 0 spiro atoms. The van der Waals surface area contributed by atoms with Crippen molar-refractivity contribution >= 4 is 5.91 Å². The van der Waals surface area contributed by atoms with Crippen molar-refractivity contribution < 1.29 is 4.79 Å². The van der Waals surface area contributed by atoms with Crippen LogP contribution in [0.3, 0.4) is 0 Å². The van der Waals surface area contributed by atoms with Crippen molar-refractivity contribution in [1.29, 1.82) is 0 Å². The maximum Gasteiger partial charge on any atom is 0.242 e. The summed E-state index contributed by atoms with van der Waals surface area (Å²) in [6.45, 7) is 2.63. The van der Waals surface area contributed by atoms with E-state index in [-0.39, 0.29) is 5.91 Å². The van der Waals surface area contributed by atoms with Crippen LogP contribution in [-0.2, 0) is 17.8 Å². The number of piperidine rings is 1. The van der Waals surface area contributed by atoms with E-state index in [2.05, 4.69) is 14.8 Å². The molecule has 6 heteroatoms. The van der Waals surface area contributed by atoms with Gasteiger partial charge in [-0.15, -0.1) is 10.2 Å². The van der Waals surface area contributed by atoms with Gasteiger partial charge in [-0.25, -0.2) is 0 Å². The molecular weight excluding hydrogens is 278 g/mol. The standard InChI is InChI=1S/C16H25N5O/c17-16(7-1-2-8-16)15(22)20-9-3-5-12(11-20)14-19-18-13-6-4-10-21(13)14/h12H,1-11,17H2. The molecule has 22 heavy (non-hydrogen) atoms. The summed E-state index contributed by atoms with van der Waals surface area (Å²) in [5.74, 6) is 2.69. The highest BCUT2D eigenvalue weighted by Crippen LogP contribution is 2.33. The first kappa shape index (κ1) is 14.2. The van der Waals surface area contributed by atoms with Crippen molar-refractivity contribution in [1.82, 2.24) is 19.7 Å². The number of carbonyl (C=O) groups is 1. The fraction of sp³-hybridized carbons (Fsp3) is 0.812. The van der Waals surface area contributed by atoms with Gasteiger partial charge in [-0.2, -0.15) is 0 Å². The topological polar surface area (TPSA) is 77.0 Å². The second kappa shape index (κ2) is 5.33. The third-order valence-corrected chi connectivity index (χ3v) is 5.63. The lowest BCUT2D eigenvalue weighted by molar-refractivity contribution is -0.138. The number of carbonyl (C=O) groups excluding carboxylic acids is 1. The largest absolute Gasteiger partial charge is 0.340 e. The summed E-state index contributed by atoms with van der Waals surface area (Å²) in [7, 11) is 0. The molecule has 1 aromatic heterocycles. The van der Waals surface area contributed by atoms with Gasteiger partial charge >= 0.3 is 0 Å². The molecule has 0 aromatic carbocycles. The number of fused-ring (bicyclic) bond motifs is 1. The Balaban J connectivity index is 1.51. The number of nitrogens with zero attached hydrogens (tertiary/aromatic N) is 4. The number of hydrogen-bond acceptors (Lipinski definition) is 4. The molecular formula is C16H25N5O. The minimum absolute atomic E-state index is 0.163. The summed E-state index contributed by atoms with van der Waals surface area (Å²) in [5.41, 5.74) is 5.76. The van der Waals surface area contributed by atoms with E-state index in [0.717, 1.165) is 76.2 Å². The average molecular weight is 303 g/mol. The molecule has 2 N–H and O–H groups in total. The van der Waals surface area contributed by atoms with Crippen LogP contribution in [0.25, 0.3) is 0 Å². The summed E-state index contributed by atoms with van der Waals surface area (Å²) in [6.07, 6.45) is 8.18. The van der Waals surface area contributed by atoms with Gasteiger partial charge in [-0.3, -0.25) is 4.79 Å². The third kappa shape index (κ3) is 2.24. The highest BCUT2D eigenvalue weighted by atomic mass is 16.2. The van der Waals surface area contributed by atoms with Crippen LogP contribution in [0, 0.1) is 0 Å². The normalized spacial score (nSPS) is 27.1. The molecule has 1 unspecified atom stereocenters. The van der Waals surface area contributed by atoms with E-state index in [1.807, 2.05) is 4.90 Å². The molecule has 1 aliphatic carbocycles. The summed E-state index contributed by atoms with van der Waals surface area (Å²) in [6, 6.07) is 0. The minimum Gasteiger partial charge on any atom is -0.340 e. The zero-order valence-electron chi connectivity index (χ0n) is 13.1. The minimum atomic E-state index is -0.602. The molecule has 3 heterocycles. The summed E-state index contributed by atoms with van der Waals surface area (Å²) >= 11 is 0. The first-order chi connectivity index (χ1) is 10.7. The lowest BCUT2D eigenvalue weighted by Crippen LogP contribution is -2.55. The van der Waals surface area contributed by atoms with Gasteiger partial charge in [-0.1, -0.05) is 12.8 Å². The molecule has 6 nitrogen and oxygen atoms in total. The zero-order valence-corrected chi connectivity index (χ0v) is 13.1. The number of nitrogens with two attached hydrogens (primary N) is 1. The maximum absolute atomic E-state index is 12.8. The van der Waals surface area contributed by atoms with E-state index in [1.165, 1.54) is 6.42 Å². The second-order valence-electron chi connectivity index (χ2n) is 7.18. The van der Waals surface area contributed by atoms with Crippen molar-refractivity contribution in [3.05, 3.63) is 11.6 Å². The first-order valence-electron chi connectivity index (χ1n) is 8.68. The molecule has 1 saturated carbocycles. The van der Waals surface area contributed by atoms with E-state index in [0.29, 0.717) is 5.92 Å². The van der Waals surface area contributed by atoms with Crippen LogP contribution in [-0.4, -0.2) is 44.2 Å². The quantitative estimate of drug-likeness (QED) is 0.890. The predicted molar refractivity (Wildman–Crippen MR) is 82.3 cm³/mol. The monoisotopic (exact) mass is 303 g/mol. The summed E-state index contributed by atoms with van der Waals surface area (Å²) < 4.78 is 2.27. The van der Waals surface area contributed by atoms with Gasteiger partial charge in [0.1, 0.15) is 11.6 Å². The van der Waals surface area contributed by atoms with Crippen LogP contribution in [0.15, 0.2) is 0 Å². The lowest BCUT2D eigenvalue weighted by Gasteiger charge is -2.37. The second-order valence-corrected chi connectivity index (χ2v) is 7.18. The highest BCUT2D eigenvalue weighted by Gasteiger charge is 2.41. The Hall–Kier alpha value is -1.43. The van der Waals surface area contributed by atoms with Crippen LogP contribution in [0.4, 0.5) is 0 Å². The Labute approximate surface area is 131 Å². The lowest BCUT2D eigenvalue weighted by atomic mass is 9.92. The van der Waals surface area contributed by atoms with Gasteiger partial charge in [-0.05, 0) is 32.1 Å². The maximum atomic E-state index is 12.8. The Morgan fingerprint density at radius 3 is 2.77 bits per heavy atom. The van der Waals surface area contributed by atoms with Gasteiger partial charge in [0.2, 0.25) is 5.91 Å². The number of rotatable bonds is 2.